The monoisotopic (exact) mass is 410 g/mol. The highest BCUT2D eigenvalue weighted by molar-refractivity contribution is 5.95. The van der Waals surface area contributed by atoms with Crippen LogP contribution in [-0.4, -0.2) is 28.4 Å². The molecule has 0 aliphatic heterocycles. The third-order valence-electron chi connectivity index (χ3n) is 6.16. The number of fused-ring (bicyclic) bond motifs is 2. The van der Waals surface area contributed by atoms with Crippen LogP contribution >= 0.6 is 0 Å². The van der Waals surface area contributed by atoms with Gasteiger partial charge in [-0.2, -0.15) is 0 Å². The number of rotatable bonds is 6. The van der Waals surface area contributed by atoms with Gasteiger partial charge < -0.3 is 14.6 Å². The van der Waals surface area contributed by atoms with Gasteiger partial charge in [0.25, 0.3) is 5.91 Å². The van der Waals surface area contributed by atoms with E-state index < -0.39 is 0 Å². The summed E-state index contributed by atoms with van der Waals surface area (Å²) < 4.78 is 5.55. The van der Waals surface area contributed by atoms with Crippen molar-refractivity contribution in [3.8, 4) is 5.75 Å². The summed E-state index contributed by atoms with van der Waals surface area (Å²) in [7, 11) is 0. The molecule has 0 fully saturated rings. The van der Waals surface area contributed by atoms with E-state index in [0.29, 0.717) is 18.7 Å². The summed E-state index contributed by atoms with van der Waals surface area (Å²) in [6, 6.07) is 24.4. The van der Waals surface area contributed by atoms with Crippen LogP contribution in [0.25, 0.3) is 10.9 Å². The molecule has 4 aromatic rings. The highest BCUT2D eigenvalue weighted by atomic mass is 16.5. The normalized spacial score (nSPS) is 13.3. The van der Waals surface area contributed by atoms with Gasteiger partial charge >= 0.3 is 0 Å². The molecule has 0 saturated heterocycles. The van der Waals surface area contributed by atoms with Crippen LogP contribution in [0.15, 0.2) is 79.0 Å². The van der Waals surface area contributed by atoms with Crippen LogP contribution < -0.4 is 4.74 Å². The van der Waals surface area contributed by atoms with Gasteiger partial charge in [0.05, 0.1) is 6.61 Å². The molecule has 1 amide bonds. The van der Waals surface area contributed by atoms with Crippen molar-refractivity contribution in [2.24, 2.45) is 0 Å². The summed E-state index contributed by atoms with van der Waals surface area (Å²) in [6.45, 7) is 3.15. The summed E-state index contributed by atoms with van der Waals surface area (Å²) in [5.41, 5.74) is 5.62. The van der Waals surface area contributed by atoms with E-state index in [1.807, 2.05) is 54.4 Å². The zero-order valence-corrected chi connectivity index (χ0v) is 17.7. The molecule has 5 rings (SSSR count). The molecule has 0 radical (unpaired) electrons. The number of hydrogen-bond donors (Lipinski definition) is 1. The summed E-state index contributed by atoms with van der Waals surface area (Å²) in [5.74, 6) is 0.849. The third-order valence-corrected chi connectivity index (χ3v) is 6.16. The topological polar surface area (TPSA) is 45.3 Å². The summed E-state index contributed by atoms with van der Waals surface area (Å²) in [4.78, 5) is 19.1. The van der Waals surface area contributed by atoms with Crippen molar-refractivity contribution in [1.82, 2.24) is 9.88 Å². The Morgan fingerprint density at radius 3 is 2.35 bits per heavy atom. The average molecular weight is 411 g/mol. The van der Waals surface area contributed by atoms with Crippen molar-refractivity contribution in [2.75, 3.05) is 6.61 Å². The maximum absolute atomic E-state index is 13.7. The lowest BCUT2D eigenvalue weighted by Crippen LogP contribution is -2.40. The molecule has 0 bridgehead atoms. The molecule has 1 heterocycles. The minimum absolute atomic E-state index is 0.0612. The van der Waals surface area contributed by atoms with Crippen LogP contribution in [0.2, 0.25) is 0 Å². The number of carbonyl (C=O) groups is 1. The number of benzene rings is 3. The second kappa shape index (κ2) is 8.31. The van der Waals surface area contributed by atoms with Crippen molar-refractivity contribution in [1.29, 1.82) is 0 Å². The number of hydrogen-bond acceptors (Lipinski definition) is 2. The predicted molar refractivity (Wildman–Crippen MR) is 123 cm³/mol. The predicted octanol–water partition coefficient (Wildman–Crippen LogP) is 5.38. The number of nitrogens with one attached hydrogen (secondary N) is 1. The Hall–Kier alpha value is -3.53. The van der Waals surface area contributed by atoms with Crippen molar-refractivity contribution in [3.05, 3.63) is 101 Å². The molecule has 3 aromatic carbocycles. The number of para-hydroxylation sites is 1. The lowest BCUT2D eigenvalue weighted by molar-refractivity contribution is 0.0668. The van der Waals surface area contributed by atoms with Crippen LogP contribution in [0.1, 0.15) is 34.0 Å². The Kier molecular flexibility index (Phi) is 5.21. The maximum Gasteiger partial charge on any atom is 0.254 e. The first-order valence-corrected chi connectivity index (χ1v) is 10.9. The molecular formula is C27H26N2O2. The van der Waals surface area contributed by atoms with Gasteiger partial charge in [-0.25, -0.2) is 0 Å². The fraction of sp³-hybridized carbons (Fsp3) is 0.222. The number of carbonyl (C=O) groups excluding carboxylic acids is 1. The molecule has 4 nitrogen and oxygen atoms in total. The highest BCUT2D eigenvalue weighted by Crippen LogP contribution is 2.29. The molecule has 4 heteroatoms. The van der Waals surface area contributed by atoms with Gasteiger partial charge in [-0.3, -0.25) is 4.79 Å². The van der Waals surface area contributed by atoms with Crippen molar-refractivity contribution in [3.63, 3.8) is 0 Å². The Morgan fingerprint density at radius 2 is 1.65 bits per heavy atom. The minimum Gasteiger partial charge on any atom is -0.494 e. The SMILES string of the molecule is CCOc1ccc(C(=O)N(Cc2c[nH]c3ccccc23)C2Cc3ccccc3C2)cc1. The van der Waals surface area contributed by atoms with Gasteiger partial charge in [0, 0.05) is 35.2 Å². The van der Waals surface area contributed by atoms with E-state index in [4.69, 9.17) is 4.74 Å². The molecule has 0 spiro atoms. The van der Waals surface area contributed by atoms with Gasteiger partial charge in [-0.05, 0) is 66.8 Å². The van der Waals surface area contributed by atoms with Crippen LogP contribution in [0.3, 0.4) is 0 Å². The zero-order chi connectivity index (χ0) is 21.2. The Labute approximate surface area is 182 Å². The second-order valence-corrected chi connectivity index (χ2v) is 8.08. The number of ether oxygens (including phenoxy) is 1. The van der Waals surface area contributed by atoms with Gasteiger partial charge in [0.15, 0.2) is 0 Å². The van der Waals surface area contributed by atoms with Crippen molar-refractivity contribution >= 4 is 16.8 Å². The van der Waals surface area contributed by atoms with Crippen LogP contribution in [0, 0.1) is 0 Å². The van der Waals surface area contributed by atoms with E-state index in [-0.39, 0.29) is 11.9 Å². The van der Waals surface area contributed by atoms with Crippen LogP contribution in [0.4, 0.5) is 0 Å². The first-order chi connectivity index (χ1) is 15.2. The van der Waals surface area contributed by atoms with E-state index in [1.54, 1.807) is 0 Å². The van der Waals surface area contributed by atoms with E-state index >= 15 is 0 Å². The van der Waals surface area contributed by atoms with Crippen molar-refractivity contribution in [2.45, 2.75) is 32.4 Å². The van der Waals surface area contributed by atoms with Crippen molar-refractivity contribution < 1.29 is 9.53 Å². The lowest BCUT2D eigenvalue weighted by atomic mass is 10.1. The van der Waals surface area contributed by atoms with Gasteiger partial charge in [0.2, 0.25) is 0 Å². The molecule has 1 aromatic heterocycles. The first-order valence-electron chi connectivity index (χ1n) is 10.9. The Bertz CT molecular complexity index is 1180. The molecule has 31 heavy (non-hydrogen) atoms. The fourth-order valence-electron chi connectivity index (χ4n) is 4.59. The fourth-order valence-corrected chi connectivity index (χ4v) is 4.59. The van der Waals surface area contributed by atoms with Crippen LogP contribution in [0.5, 0.6) is 5.75 Å². The number of nitrogens with zero attached hydrogens (tertiary/aromatic N) is 1. The van der Waals surface area contributed by atoms with E-state index in [1.165, 1.54) is 16.5 Å². The quantitative estimate of drug-likeness (QED) is 0.464. The molecule has 0 unspecified atom stereocenters. The van der Waals surface area contributed by atoms with E-state index in [9.17, 15) is 4.79 Å². The number of amides is 1. The first kappa shape index (κ1) is 19.4. The Morgan fingerprint density at radius 1 is 0.968 bits per heavy atom. The number of H-pyrrole nitrogens is 1. The zero-order valence-electron chi connectivity index (χ0n) is 17.7. The second-order valence-electron chi connectivity index (χ2n) is 8.08. The summed E-state index contributed by atoms with van der Waals surface area (Å²) >= 11 is 0. The third kappa shape index (κ3) is 3.81. The summed E-state index contributed by atoms with van der Waals surface area (Å²) in [6.07, 6.45) is 3.81. The van der Waals surface area contributed by atoms with Gasteiger partial charge in [-0.1, -0.05) is 42.5 Å². The molecular weight excluding hydrogens is 384 g/mol. The largest absolute Gasteiger partial charge is 0.494 e. The molecule has 1 aliphatic carbocycles. The number of aromatic amines is 1. The number of aromatic nitrogens is 1. The highest BCUT2D eigenvalue weighted by Gasteiger charge is 2.31. The smallest absolute Gasteiger partial charge is 0.254 e. The Balaban J connectivity index is 1.47. The van der Waals surface area contributed by atoms with E-state index in [2.05, 4.69) is 41.4 Å². The van der Waals surface area contributed by atoms with Crippen LogP contribution in [-0.2, 0) is 19.4 Å². The molecule has 0 atom stereocenters. The van der Waals surface area contributed by atoms with E-state index in [0.717, 1.165) is 29.7 Å². The maximum atomic E-state index is 13.7. The lowest BCUT2D eigenvalue weighted by Gasteiger charge is -2.29. The molecule has 1 aliphatic rings. The molecule has 0 saturated carbocycles. The summed E-state index contributed by atoms with van der Waals surface area (Å²) in [5, 5.41) is 1.17. The average Bonchev–Trinajstić information content (AvgIpc) is 3.42. The minimum atomic E-state index is 0.0612. The molecule has 1 N–H and O–H groups in total. The standard InChI is InChI=1S/C27H26N2O2/c1-2-31-24-13-11-19(12-14-24)27(30)29(23-15-20-7-3-4-8-21(20)16-23)18-22-17-28-26-10-6-5-9-25(22)26/h3-14,17,23,28H,2,15-16,18H2,1H3. The van der Waals surface area contributed by atoms with Gasteiger partial charge in [0.1, 0.15) is 5.75 Å². The van der Waals surface area contributed by atoms with Gasteiger partial charge in [-0.15, -0.1) is 0 Å². The molecule has 156 valence electrons.